The lowest BCUT2D eigenvalue weighted by Crippen LogP contribution is -2.59. The quantitative estimate of drug-likeness (QED) is 0.906. The van der Waals surface area contributed by atoms with Crippen LogP contribution in [0.4, 0.5) is 0 Å². The molecule has 0 bridgehead atoms. The van der Waals surface area contributed by atoms with Gasteiger partial charge in [-0.25, -0.2) is 4.98 Å². The second-order valence-corrected chi connectivity index (χ2v) is 6.29. The van der Waals surface area contributed by atoms with Crippen LogP contribution in [0.2, 0.25) is 5.02 Å². The van der Waals surface area contributed by atoms with E-state index in [0.29, 0.717) is 17.6 Å². The predicted octanol–water partition coefficient (Wildman–Crippen LogP) is 2.24. The molecule has 2 N–H and O–H groups in total. The van der Waals surface area contributed by atoms with Crippen molar-refractivity contribution in [2.75, 3.05) is 0 Å². The van der Waals surface area contributed by atoms with Gasteiger partial charge in [-0.05, 0) is 18.6 Å². The van der Waals surface area contributed by atoms with Gasteiger partial charge in [0.2, 0.25) is 0 Å². The Hall–Kier alpha value is -1.10. The second-order valence-electron chi connectivity index (χ2n) is 5.85. The van der Waals surface area contributed by atoms with E-state index in [2.05, 4.69) is 24.1 Å². The summed E-state index contributed by atoms with van der Waals surface area (Å²) in [6.45, 7) is 4.88. The average Bonchev–Trinajstić information content (AvgIpc) is 2.76. The molecular weight excluding hydrogens is 262 g/mol. The molecule has 102 valence electrons. The molecule has 2 aromatic rings. The van der Waals surface area contributed by atoms with E-state index in [-0.39, 0.29) is 11.5 Å². The Labute approximate surface area is 117 Å². The standard InChI is InChI=1S/C14H18ClN3O/c1-14(2)11(5-12(14)19)16-6-10-8-18-7-9(15)3-4-13(18)17-10/h3-4,7-8,11-12,16,19H,5-6H2,1-2H3. The van der Waals surface area contributed by atoms with Crippen molar-refractivity contribution in [2.45, 2.75) is 39.0 Å². The van der Waals surface area contributed by atoms with Crippen LogP contribution in [-0.4, -0.2) is 26.6 Å². The van der Waals surface area contributed by atoms with E-state index in [1.54, 1.807) is 0 Å². The third-order valence-corrected chi connectivity index (χ3v) is 4.43. The number of aliphatic hydroxyl groups excluding tert-OH is 1. The van der Waals surface area contributed by atoms with E-state index in [9.17, 15) is 5.11 Å². The highest BCUT2D eigenvalue weighted by molar-refractivity contribution is 6.30. The van der Waals surface area contributed by atoms with Crippen molar-refractivity contribution in [3.05, 3.63) is 35.2 Å². The molecule has 5 heteroatoms. The zero-order chi connectivity index (χ0) is 13.6. The van der Waals surface area contributed by atoms with Crippen LogP contribution in [0.5, 0.6) is 0 Å². The molecule has 19 heavy (non-hydrogen) atoms. The van der Waals surface area contributed by atoms with Crippen molar-refractivity contribution in [1.29, 1.82) is 0 Å². The zero-order valence-electron chi connectivity index (χ0n) is 11.1. The molecule has 4 nitrogen and oxygen atoms in total. The maximum absolute atomic E-state index is 9.71. The summed E-state index contributed by atoms with van der Waals surface area (Å²) in [5.74, 6) is 0. The van der Waals surface area contributed by atoms with Gasteiger partial charge in [0.25, 0.3) is 0 Å². The fraction of sp³-hybridized carbons (Fsp3) is 0.500. The highest BCUT2D eigenvalue weighted by Gasteiger charge is 2.46. The zero-order valence-corrected chi connectivity index (χ0v) is 11.9. The maximum atomic E-state index is 9.71. The first kappa shape index (κ1) is 12.9. The van der Waals surface area contributed by atoms with Crippen LogP contribution in [0.3, 0.4) is 0 Å². The van der Waals surface area contributed by atoms with Crippen LogP contribution < -0.4 is 5.32 Å². The van der Waals surface area contributed by atoms with E-state index >= 15 is 0 Å². The van der Waals surface area contributed by atoms with Crippen LogP contribution in [0.15, 0.2) is 24.5 Å². The minimum Gasteiger partial charge on any atom is -0.392 e. The number of pyridine rings is 1. The molecule has 1 saturated carbocycles. The predicted molar refractivity (Wildman–Crippen MR) is 75.2 cm³/mol. The number of aliphatic hydroxyl groups is 1. The van der Waals surface area contributed by atoms with Crippen molar-refractivity contribution >= 4 is 17.2 Å². The topological polar surface area (TPSA) is 49.6 Å². The van der Waals surface area contributed by atoms with Crippen LogP contribution in [0.25, 0.3) is 5.65 Å². The Kier molecular flexibility index (Phi) is 3.04. The van der Waals surface area contributed by atoms with Gasteiger partial charge in [0, 0.05) is 30.4 Å². The molecule has 2 heterocycles. The molecule has 2 aromatic heterocycles. The normalized spacial score (nSPS) is 25.5. The summed E-state index contributed by atoms with van der Waals surface area (Å²) in [5, 5.41) is 13.9. The van der Waals surface area contributed by atoms with Gasteiger partial charge >= 0.3 is 0 Å². The highest BCUT2D eigenvalue weighted by atomic mass is 35.5. The molecule has 1 fully saturated rings. The smallest absolute Gasteiger partial charge is 0.137 e. The lowest BCUT2D eigenvalue weighted by Gasteiger charge is -2.49. The lowest BCUT2D eigenvalue weighted by atomic mass is 9.64. The number of halogens is 1. The summed E-state index contributed by atoms with van der Waals surface area (Å²) < 4.78 is 1.93. The first-order valence-corrected chi connectivity index (χ1v) is 6.89. The molecule has 0 aliphatic heterocycles. The molecule has 2 atom stereocenters. The number of nitrogens with zero attached hydrogens (tertiary/aromatic N) is 2. The number of hydrogen-bond donors (Lipinski definition) is 2. The summed E-state index contributed by atoms with van der Waals surface area (Å²) in [4.78, 5) is 4.53. The van der Waals surface area contributed by atoms with Crippen LogP contribution in [0, 0.1) is 5.41 Å². The van der Waals surface area contributed by atoms with Gasteiger partial charge in [-0.1, -0.05) is 25.4 Å². The SMILES string of the molecule is CC1(C)C(O)CC1NCc1cn2cc(Cl)ccc2n1. The van der Waals surface area contributed by atoms with E-state index in [1.165, 1.54) is 0 Å². The molecule has 1 aliphatic rings. The van der Waals surface area contributed by atoms with Crippen molar-refractivity contribution in [2.24, 2.45) is 5.41 Å². The molecule has 2 unspecified atom stereocenters. The largest absolute Gasteiger partial charge is 0.392 e. The van der Waals surface area contributed by atoms with Crippen LogP contribution in [0.1, 0.15) is 26.0 Å². The Balaban J connectivity index is 1.69. The summed E-state index contributed by atoms with van der Waals surface area (Å²) in [6, 6.07) is 4.09. The van der Waals surface area contributed by atoms with E-state index in [4.69, 9.17) is 11.6 Å². The summed E-state index contributed by atoms with van der Waals surface area (Å²) in [6.07, 6.45) is 4.44. The van der Waals surface area contributed by atoms with Gasteiger partial charge in [-0.15, -0.1) is 0 Å². The Morgan fingerprint density at radius 3 is 2.95 bits per heavy atom. The number of nitrogens with one attached hydrogen (secondary N) is 1. The van der Waals surface area contributed by atoms with Gasteiger partial charge in [-0.2, -0.15) is 0 Å². The monoisotopic (exact) mass is 279 g/mol. The van der Waals surface area contributed by atoms with Gasteiger partial charge < -0.3 is 14.8 Å². The Bertz CT molecular complexity index is 608. The van der Waals surface area contributed by atoms with Crippen LogP contribution in [-0.2, 0) is 6.54 Å². The van der Waals surface area contributed by atoms with Crippen molar-refractivity contribution in [1.82, 2.24) is 14.7 Å². The number of rotatable bonds is 3. The second kappa shape index (κ2) is 4.47. The average molecular weight is 280 g/mol. The van der Waals surface area contributed by atoms with E-state index < -0.39 is 0 Å². The van der Waals surface area contributed by atoms with Crippen molar-refractivity contribution < 1.29 is 5.11 Å². The minimum atomic E-state index is -0.204. The molecule has 1 aliphatic carbocycles. The molecule has 0 aromatic carbocycles. The summed E-state index contributed by atoms with van der Waals surface area (Å²) >= 11 is 5.95. The minimum absolute atomic E-state index is 0.0531. The van der Waals surface area contributed by atoms with Crippen LogP contribution >= 0.6 is 11.6 Å². The van der Waals surface area contributed by atoms with Gasteiger partial charge in [-0.3, -0.25) is 0 Å². The number of hydrogen-bond acceptors (Lipinski definition) is 3. The van der Waals surface area contributed by atoms with E-state index in [0.717, 1.165) is 17.8 Å². The third-order valence-electron chi connectivity index (χ3n) is 4.21. The molecule has 0 spiro atoms. The first-order chi connectivity index (χ1) is 8.96. The van der Waals surface area contributed by atoms with E-state index in [1.807, 2.05) is 28.9 Å². The number of aromatic nitrogens is 2. The molecule has 0 radical (unpaired) electrons. The van der Waals surface area contributed by atoms with Gasteiger partial charge in [0.1, 0.15) is 5.65 Å². The highest BCUT2D eigenvalue weighted by Crippen LogP contribution is 2.40. The molecule has 3 rings (SSSR count). The first-order valence-electron chi connectivity index (χ1n) is 6.51. The molecular formula is C14H18ClN3O. The number of fused-ring (bicyclic) bond motifs is 1. The van der Waals surface area contributed by atoms with Gasteiger partial charge in [0.15, 0.2) is 0 Å². The summed E-state index contributed by atoms with van der Waals surface area (Å²) in [7, 11) is 0. The summed E-state index contributed by atoms with van der Waals surface area (Å²) in [5.41, 5.74) is 1.83. The lowest BCUT2D eigenvalue weighted by molar-refractivity contribution is -0.0730. The fourth-order valence-electron chi connectivity index (χ4n) is 2.58. The maximum Gasteiger partial charge on any atom is 0.137 e. The fourth-order valence-corrected chi connectivity index (χ4v) is 2.75. The Morgan fingerprint density at radius 1 is 1.47 bits per heavy atom. The van der Waals surface area contributed by atoms with Crippen molar-refractivity contribution in [3.63, 3.8) is 0 Å². The third kappa shape index (κ3) is 2.24. The Morgan fingerprint density at radius 2 is 2.26 bits per heavy atom. The van der Waals surface area contributed by atoms with Crippen molar-refractivity contribution in [3.8, 4) is 0 Å². The number of imidazole rings is 1. The molecule has 0 amide bonds. The van der Waals surface area contributed by atoms with Gasteiger partial charge in [0.05, 0.1) is 16.8 Å². The molecule has 0 saturated heterocycles.